The molecule has 1 amide bonds. The van der Waals surface area contributed by atoms with Crippen molar-refractivity contribution in [2.75, 3.05) is 5.32 Å². The molecule has 1 atom stereocenters. The third kappa shape index (κ3) is 3.37. The number of aryl methyl sites for hydroxylation is 5. The van der Waals surface area contributed by atoms with Gasteiger partial charge in [0.25, 0.3) is 0 Å². The summed E-state index contributed by atoms with van der Waals surface area (Å²) in [5.41, 5.74) is 7.41. The van der Waals surface area contributed by atoms with Gasteiger partial charge in [-0.1, -0.05) is 29.8 Å². The molecule has 4 rings (SSSR count). The molecule has 2 aromatic carbocycles. The molecule has 5 nitrogen and oxygen atoms in total. The van der Waals surface area contributed by atoms with E-state index in [1.165, 1.54) is 0 Å². The summed E-state index contributed by atoms with van der Waals surface area (Å²) in [7, 11) is 0. The average molecular weight is 387 g/mol. The van der Waals surface area contributed by atoms with Crippen molar-refractivity contribution in [1.29, 1.82) is 0 Å². The second-order valence-electron chi connectivity index (χ2n) is 8.09. The third-order valence-corrected chi connectivity index (χ3v) is 5.52. The number of fused-ring (bicyclic) bond motifs is 1. The van der Waals surface area contributed by atoms with E-state index in [0.29, 0.717) is 11.4 Å². The van der Waals surface area contributed by atoms with Crippen molar-refractivity contribution >= 4 is 17.5 Å². The van der Waals surface area contributed by atoms with Gasteiger partial charge in [0, 0.05) is 17.5 Å². The Balaban J connectivity index is 1.85. The molecule has 0 saturated heterocycles. The van der Waals surface area contributed by atoms with Crippen LogP contribution >= 0.6 is 0 Å². The topological polar surface area (TPSA) is 64.0 Å². The number of aromatic nitrogens is 2. The van der Waals surface area contributed by atoms with Gasteiger partial charge in [0.1, 0.15) is 5.82 Å². The summed E-state index contributed by atoms with van der Waals surface area (Å²) in [6.45, 7) is 9.91. The lowest BCUT2D eigenvalue weighted by molar-refractivity contribution is -0.116. The van der Waals surface area contributed by atoms with Crippen LogP contribution in [-0.4, -0.2) is 21.5 Å². The fourth-order valence-electron chi connectivity index (χ4n) is 4.31. The summed E-state index contributed by atoms with van der Waals surface area (Å²) in [6, 6.07) is 12.0. The molecule has 2 heterocycles. The molecule has 1 N–H and O–H groups in total. The highest BCUT2D eigenvalue weighted by molar-refractivity contribution is 6.08. The number of benzene rings is 2. The highest BCUT2D eigenvalue weighted by Crippen LogP contribution is 2.38. The summed E-state index contributed by atoms with van der Waals surface area (Å²) in [6.07, 6.45) is 0.137. The molecule has 0 radical (unpaired) electrons. The maximum Gasteiger partial charge on any atom is 0.226 e. The van der Waals surface area contributed by atoms with Crippen LogP contribution in [0.2, 0.25) is 0 Å². The first-order chi connectivity index (χ1) is 13.7. The first kappa shape index (κ1) is 19.1. The van der Waals surface area contributed by atoms with Crippen molar-refractivity contribution in [1.82, 2.24) is 9.78 Å². The first-order valence-corrected chi connectivity index (χ1v) is 9.84. The minimum absolute atomic E-state index is 0.0262. The Kier molecular flexibility index (Phi) is 4.61. The number of amides is 1. The highest BCUT2D eigenvalue weighted by atomic mass is 16.2. The summed E-state index contributed by atoms with van der Waals surface area (Å²) in [4.78, 5) is 26.0. The van der Waals surface area contributed by atoms with Crippen LogP contribution in [0.1, 0.15) is 56.2 Å². The molecule has 0 fully saturated rings. The van der Waals surface area contributed by atoms with E-state index in [1.54, 1.807) is 4.68 Å². The average Bonchev–Trinajstić information content (AvgIpc) is 2.96. The molecule has 0 aliphatic carbocycles. The molecule has 0 unspecified atom stereocenters. The number of hydrogen-bond acceptors (Lipinski definition) is 3. The van der Waals surface area contributed by atoms with Crippen LogP contribution in [0.15, 0.2) is 36.4 Å². The molecular weight excluding hydrogens is 362 g/mol. The van der Waals surface area contributed by atoms with Crippen LogP contribution in [-0.2, 0) is 4.79 Å². The molecule has 0 saturated carbocycles. The Hall–Kier alpha value is -3.21. The van der Waals surface area contributed by atoms with E-state index in [1.807, 2.05) is 65.0 Å². The molecule has 5 heteroatoms. The number of rotatable bonds is 3. The monoisotopic (exact) mass is 387 g/mol. The van der Waals surface area contributed by atoms with E-state index < -0.39 is 5.92 Å². The number of hydrogen-bond donors (Lipinski definition) is 1. The van der Waals surface area contributed by atoms with E-state index >= 15 is 0 Å². The predicted octanol–water partition coefficient (Wildman–Crippen LogP) is 4.72. The zero-order valence-corrected chi connectivity index (χ0v) is 17.5. The molecular formula is C24H25N3O2. The lowest BCUT2D eigenvalue weighted by atomic mass is 9.84. The van der Waals surface area contributed by atoms with Gasteiger partial charge in [-0.25, -0.2) is 4.68 Å². The number of ketones is 1. The summed E-state index contributed by atoms with van der Waals surface area (Å²) < 4.78 is 1.75. The normalized spacial score (nSPS) is 15.8. The number of nitrogens with zero attached hydrogens (tertiary/aromatic N) is 2. The number of carbonyl (C=O) groups excluding carboxylic acids is 2. The van der Waals surface area contributed by atoms with E-state index in [4.69, 9.17) is 5.10 Å². The highest BCUT2D eigenvalue weighted by Gasteiger charge is 2.36. The Morgan fingerprint density at radius 2 is 1.69 bits per heavy atom. The minimum atomic E-state index is -0.528. The van der Waals surface area contributed by atoms with Crippen molar-refractivity contribution in [3.8, 4) is 5.69 Å². The number of carbonyl (C=O) groups is 2. The number of nitrogens with one attached hydrogen (secondary N) is 1. The second-order valence-corrected chi connectivity index (χ2v) is 8.09. The molecule has 1 aliphatic heterocycles. The SMILES string of the molecule is Cc1cc(C)cc(-n2nc(C)c3c2NC(=O)C[C@H]3C(=O)c2ccc(C)cc2C)c1. The molecule has 0 bridgehead atoms. The van der Waals surface area contributed by atoms with Crippen LogP contribution in [0.3, 0.4) is 0 Å². The predicted molar refractivity (Wildman–Crippen MR) is 114 cm³/mol. The van der Waals surface area contributed by atoms with Crippen LogP contribution in [0.25, 0.3) is 5.69 Å². The number of anilines is 1. The van der Waals surface area contributed by atoms with Gasteiger partial charge in [-0.2, -0.15) is 5.10 Å². The van der Waals surface area contributed by atoms with Crippen molar-refractivity contribution in [3.05, 3.63) is 75.5 Å². The largest absolute Gasteiger partial charge is 0.310 e. The summed E-state index contributed by atoms with van der Waals surface area (Å²) >= 11 is 0. The Morgan fingerprint density at radius 3 is 2.34 bits per heavy atom. The zero-order chi connectivity index (χ0) is 20.9. The molecule has 1 aliphatic rings. The van der Waals surface area contributed by atoms with Crippen LogP contribution < -0.4 is 5.32 Å². The summed E-state index contributed by atoms with van der Waals surface area (Å²) in [5, 5.41) is 7.65. The quantitative estimate of drug-likeness (QED) is 0.661. The van der Waals surface area contributed by atoms with Gasteiger partial charge in [0.05, 0.1) is 17.3 Å². The van der Waals surface area contributed by atoms with E-state index in [0.717, 1.165) is 39.2 Å². The van der Waals surface area contributed by atoms with E-state index in [-0.39, 0.29) is 18.1 Å². The van der Waals surface area contributed by atoms with Gasteiger partial charge >= 0.3 is 0 Å². The van der Waals surface area contributed by atoms with Gasteiger partial charge < -0.3 is 5.32 Å². The second kappa shape index (κ2) is 6.99. The minimum Gasteiger partial charge on any atom is -0.310 e. The van der Waals surface area contributed by atoms with Crippen molar-refractivity contribution in [2.24, 2.45) is 0 Å². The maximum atomic E-state index is 13.4. The van der Waals surface area contributed by atoms with Crippen LogP contribution in [0.4, 0.5) is 5.82 Å². The molecule has 3 aromatic rings. The van der Waals surface area contributed by atoms with Crippen molar-refractivity contribution in [2.45, 2.75) is 47.0 Å². The van der Waals surface area contributed by atoms with Gasteiger partial charge in [0.15, 0.2) is 5.78 Å². The van der Waals surface area contributed by atoms with Gasteiger partial charge in [-0.15, -0.1) is 0 Å². The molecule has 148 valence electrons. The first-order valence-electron chi connectivity index (χ1n) is 9.84. The smallest absolute Gasteiger partial charge is 0.226 e. The Morgan fingerprint density at radius 1 is 1.00 bits per heavy atom. The lowest BCUT2D eigenvalue weighted by Crippen LogP contribution is -2.28. The maximum absolute atomic E-state index is 13.4. The van der Waals surface area contributed by atoms with Crippen molar-refractivity contribution in [3.63, 3.8) is 0 Å². The third-order valence-electron chi connectivity index (χ3n) is 5.52. The van der Waals surface area contributed by atoms with E-state index in [2.05, 4.69) is 11.4 Å². The lowest BCUT2D eigenvalue weighted by Gasteiger charge is -2.24. The van der Waals surface area contributed by atoms with Crippen LogP contribution in [0.5, 0.6) is 0 Å². The number of Topliss-reactive ketones (excluding diaryl/α,β-unsaturated/α-hetero) is 1. The van der Waals surface area contributed by atoms with Crippen molar-refractivity contribution < 1.29 is 9.59 Å². The fourth-order valence-corrected chi connectivity index (χ4v) is 4.31. The molecule has 1 aromatic heterocycles. The molecule has 0 spiro atoms. The zero-order valence-electron chi connectivity index (χ0n) is 17.5. The Bertz CT molecular complexity index is 1140. The van der Waals surface area contributed by atoms with Crippen LogP contribution in [0, 0.1) is 34.6 Å². The van der Waals surface area contributed by atoms with Gasteiger partial charge in [-0.05, 0) is 63.4 Å². The summed E-state index contributed by atoms with van der Waals surface area (Å²) in [5.74, 6) is -0.112. The Labute approximate surface area is 170 Å². The molecule has 29 heavy (non-hydrogen) atoms. The van der Waals surface area contributed by atoms with Gasteiger partial charge in [-0.3, -0.25) is 9.59 Å². The van der Waals surface area contributed by atoms with E-state index in [9.17, 15) is 9.59 Å². The van der Waals surface area contributed by atoms with Gasteiger partial charge in [0.2, 0.25) is 5.91 Å². The standard InChI is InChI=1S/C24H25N3O2/c1-13-6-7-19(16(4)9-13)23(29)20-12-21(28)25-24-22(20)17(5)26-27(24)18-10-14(2)8-15(3)11-18/h6-11,20H,12H2,1-5H3,(H,25,28)/t20-/m1/s1. The fraction of sp³-hybridized carbons (Fsp3) is 0.292.